The summed E-state index contributed by atoms with van der Waals surface area (Å²) in [6.07, 6.45) is -0.332. The average molecular weight is 261 g/mol. The molecule has 1 aromatic rings. The number of hydrogen-bond donors (Lipinski definition) is 2. The van der Waals surface area contributed by atoms with Gasteiger partial charge in [0.15, 0.2) is 17.3 Å². The molecule has 0 aliphatic carbocycles. The summed E-state index contributed by atoms with van der Waals surface area (Å²) in [5.41, 5.74) is 5.18. The van der Waals surface area contributed by atoms with Crippen LogP contribution in [0.25, 0.3) is 0 Å². The summed E-state index contributed by atoms with van der Waals surface area (Å²) in [6.45, 7) is 0. The SMILES string of the molecule is COc1c(F)cc(F)c(CC(N)C(=O)O)c1OC. The highest BCUT2D eigenvalue weighted by atomic mass is 19.1. The third-order valence-corrected chi connectivity index (χ3v) is 2.39. The van der Waals surface area contributed by atoms with E-state index in [9.17, 15) is 13.6 Å². The van der Waals surface area contributed by atoms with Crippen LogP contribution in [0.5, 0.6) is 11.5 Å². The second kappa shape index (κ2) is 5.63. The van der Waals surface area contributed by atoms with Crippen molar-refractivity contribution in [1.29, 1.82) is 0 Å². The first-order valence-corrected chi connectivity index (χ1v) is 4.99. The molecule has 0 fully saturated rings. The Kier molecular flexibility index (Phi) is 4.43. The molecular formula is C11H13F2NO4. The third kappa shape index (κ3) is 2.67. The van der Waals surface area contributed by atoms with Crippen LogP contribution in [-0.4, -0.2) is 31.3 Å². The number of aliphatic carboxylic acids is 1. The van der Waals surface area contributed by atoms with E-state index in [1.807, 2.05) is 0 Å². The van der Waals surface area contributed by atoms with Crippen LogP contribution in [0, 0.1) is 11.6 Å². The number of ether oxygens (including phenoxy) is 2. The predicted octanol–water partition coefficient (Wildman–Crippen LogP) is 0.936. The van der Waals surface area contributed by atoms with Gasteiger partial charge in [0.2, 0.25) is 0 Å². The first kappa shape index (κ1) is 14.2. The maximum atomic E-state index is 13.6. The van der Waals surface area contributed by atoms with Crippen LogP contribution < -0.4 is 15.2 Å². The molecule has 0 saturated carbocycles. The normalized spacial score (nSPS) is 12.1. The van der Waals surface area contributed by atoms with Crippen molar-refractivity contribution in [3.05, 3.63) is 23.3 Å². The van der Waals surface area contributed by atoms with E-state index >= 15 is 0 Å². The van der Waals surface area contributed by atoms with Crippen LogP contribution in [0.1, 0.15) is 5.56 Å². The summed E-state index contributed by atoms with van der Waals surface area (Å²) in [5, 5.41) is 8.69. The maximum Gasteiger partial charge on any atom is 0.320 e. The van der Waals surface area contributed by atoms with Crippen molar-refractivity contribution < 1.29 is 28.2 Å². The van der Waals surface area contributed by atoms with E-state index in [2.05, 4.69) is 0 Å². The first-order valence-electron chi connectivity index (χ1n) is 4.99. The lowest BCUT2D eigenvalue weighted by Gasteiger charge is -2.15. The van der Waals surface area contributed by atoms with E-state index in [4.69, 9.17) is 20.3 Å². The van der Waals surface area contributed by atoms with Gasteiger partial charge in [-0.2, -0.15) is 0 Å². The fourth-order valence-corrected chi connectivity index (χ4v) is 1.52. The molecule has 0 aromatic heterocycles. The van der Waals surface area contributed by atoms with E-state index < -0.39 is 23.6 Å². The molecule has 1 rings (SSSR count). The van der Waals surface area contributed by atoms with Crippen LogP contribution in [-0.2, 0) is 11.2 Å². The van der Waals surface area contributed by atoms with Crippen molar-refractivity contribution >= 4 is 5.97 Å². The lowest BCUT2D eigenvalue weighted by molar-refractivity contribution is -0.138. The van der Waals surface area contributed by atoms with Gasteiger partial charge in [0.25, 0.3) is 0 Å². The Hall–Kier alpha value is -1.89. The molecule has 18 heavy (non-hydrogen) atoms. The van der Waals surface area contributed by atoms with Gasteiger partial charge in [-0.3, -0.25) is 4.79 Å². The van der Waals surface area contributed by atoms with Gasteiger partial charge in [0.05, 0.1) is 14.2 Å². The minimum absolute atomic E-state index is 0.134. The predicted molar refractivity (Wildman–Crippen MR) is 58.8 cm³/mol. The monoisotopic (exact) mass is 261 g/mol. The number of rotatable bonds is 5. The molecule has 0 amide bonds. The van der Waals surface area contributed by atoms with E-state index in [-0.39, 0.29) is 23.5 Å². The molecule has 1 atom stereocenters. The molecule has 1 unspecified atom stereocenters. The number of nitrogens with two attached hydrogens (primary N) is 1. The molecule has 1 aromatic carbocycles. The van der Waals surface area contributed by atoms with Crippen molar-refractivity contribution in [1.82, 2.24) is 0 Å². The lowest BCUT2D eigenvalue weighted by atomic mass is 10.0. The van der Waals surface area contributed by atoms with Crippen LogP contribution in [0.3, 0.4) is 0 Å². The van der Waals surface area contributed by atoms with Gasteiger partial charge in [-0.05, 0) is 0 Å². The Balaban J connectivity index is 3.29. The summed E-state index contributed by atoms with van der Waals surface area (Å²) < 4.78 is 36.6. The van der Waals surface area contributed by atoms with Gasteiger partial charge >= 0.3 is 5.97 Å². The third-order valence-electron chi connectivity index (χ3n) is 2.39. The molecule has 0 bridgehead atoms. The van der Waals surface area contributed by atoms with Crippen molar-refractivity contribution in [3.8, 4) is 11.5 Å². The Morgan fingerprint density at radius 2 is 1.89 bits per heavy atom. The van der Waals surface area contributed by atoms with Crippen LogP contribution >= 0.6 is 0 Å². The molecule has 0 radical (unpaired) electrons. The zero-order valence-corrected chi connectivity index (χ0v) is 9.87. The molecule has 3 N–H and O–H groups in total. The molecule has 0 saturated heterocycles. The fourth-order valence-electron chi connectivity index (χ4n) is 1.52. The average Bonchev–Trinajstić information content (AvgIpc) is 2.31. The van der Waals surface area contributed by atoms with Gasteiger partial charge in [0.1, 0.15) is 11.9 Å². The second-order valence-electron chi connectivity index (χ2n) is 3.53. The van der Waals surface area contributed by atoms with E-state index in [1.165, 1.54) is 14.2 Å². The number of benzene rings is 1. The number of methoxy groups -OCH3 is 2. The number of carboxylic acid groups (broad SMARTS) is 1. The summed E-state index contributed by atoms with van der Waals surface area (Å²) in [5.74, 6) is -3.63. The summed E-state index contributed by atoms with van der Waals surface area (Å²) in [6, 6.07) is -0.714. The van der Waals surface area contributed by atoms with Gasteiger partial charge < -0.3 is 20.3 Å². The van der Waals surface area contributed by atoms with Crippen molar-refractivity contribution in [2.45, 2.75) is 12.5 Å². The topological polar surface area (TPSA) is 81.8 Å². The summed E-state index contributed by atoms with van der Waals surface area (Å²) >= 11 is 0. The van der Waals surface area contributed by atoms with Gasteiger partial charge in [0, 0.05) is 18.1 Å². The van der Waals surface area contributed by atoms with Crippen molar-refractivity contribution in [2.24, 2.45) is 5.73 Å². The number of carbonyl (C=O) groups is 1. The molecule has 100 valence electrons. The highest BCUT2D eigenvalue weighted by Crippen LogP contribution is 2.36. The minimum Gasteiger partial charge on any atom is -0.492 e. The largest absolute Gasteiger partial charge is 0.492 e. The Labute approximate surface area is 102 Å². The van der Waals surface area contributed by atoms with Gasteiger partial charge in [-0.25, -0.2) is 8.78 Å². The molecule has 7 heteroatoms. The zero-order chi connectivity index (χ0) is 13.9. The molecule has 0 spiro atoms. The Bertz CT molecular complexity index is 465. The fraction of sp³-hybridized carbons (Fsp3) is 0.364. The van der Waals surface area contributed by atoms with Crippen LogP contribution in [0.15, 0.2) is 6.07 Å². The van der Waals surface area contributed by atoms with Crippen LogP contribution in [0.2, 0.25) is 0 Å². The van der Waals surface area contributed by atoms with Gasteiger partial charge in [-0.15, -0.1) is 0 Å². The lowest BCUT2D eigenvalue weighted by Crippen LogP contribution is -2.32. The number of halogens is 2. The number of hydrogen-bond acceptors (Lipinski definition) is 4. The van der Waals surface area contributed by atoms with E-state index in [0.29, 0.717) is 6.07 Å². The second-order valence-corrected chi connectivity index (χ2v) is 3.53. The summed E-state index contributed by atoms with van der Waals surface area (Å²) in [4.78, 5) is 10.6. The minimum atomic E-state index is -1.32. The maximum absolute atomic E-state index is 13.6. The molecule has 0 heterocycles. The van der Waals surface area contributed by atoms with Crippen LogP contribution in [0.4, 0.5) is 8.78 Å². The highest BCUT2D eigenvalue weighted by Gasteiger charge is 2.24. The standard InChI is InChI=1S/C11H13F2NO4/c1-17-9-5(3-8(14)11(15)16)6(12)4-7(13)10(9)18-2/h4,8H,3,14H2,1-2H3,(H,15,16). The summed E-state index contributed by atoms with van der Waals surface area (Å²) in [7, 11) is 2.40. The van der Waals surface area contributed by atoms with Gasteiger partial charge in [-0.1, -0.05) is 0 Å². The molecule has 0 aliphatic rings. The van der Waals surface area contributed by atoms with E-state index in [1.54, 1.807) is 0 Å². The highest BCUT2D eigenvalue weighted by molar-refractivity contribution is 5.73. The molecule has 0 aliphatic heterocycles. The zero-order valence-electron chi connectivity index (χ0n) is 9.87. The quantitative estimate of drug-likeness (QED) is 0.824. The first-order chi connectivity index (χ1) is 8.42. The number of carboxylic acids is 1. The Morgan fingerprint density at radius 3 is 2.33 bits per heavy atom. The molecule has 5 nitrogen and oxygen atoms in total. The van der Waals surface area contributed by atoms with Crippen molar-refractivity contribution in [2.75, 3.05) is 14.2 Å². The van der Waals surface area contributed by atoms with E-state index in [0.717, 1.165) is 0 Å². The Morgan fingerprint density at radius 1 is 1.33 bits per heavy atom. The smallest absolute Gasteiger partial charge is 0.320 e. The van der Waals surface area contributed by atoms with Crippen molar-refractivity contribution in [3.63, 3.8) is 0 Å². The molecular weight excluding hydrogens is 248 g/mol.